The predicted octanol–water partition coefficient (Wildman–Crippen LogP) is 1.97. The molecule has 0 aliphatic rings. The maximum absolute atomic E-state index is 13.3. The molecule has 19 heavy (non-hydrogen) atoms. The molecular formula is C14H21FN2O2. The molecule has 1 atom stereocenters. The summed E-state index contributed by atoms with van der Waals surface area (Å²) in [6.45, 7) is 8.05. The highest BCUT2D eigenvalue weighted by Crippen LogP contribution is 2.21. The molecule has 3 N–H and O–H groups in total. The van der Waals surface area contributed by atoms with Gasteiger partial charge in [-0.25, -0.2) is 4.39 Å². The molecule has 1 aromatic carbocycles. The van der Waals surface area contributed by atoms with Crippen LogP contribution in [0.15, 0.2) is 18.2 Å². The largest absolute Gasteiger partial charge is 0.481 e. The van der Waals surface area contributed by atoms with Crippen LogP contribution in [0.4, 0.5) is 4.39 Å². The monoisotopic (exact) mass is 268 g/mol. The van der Waals surface area contributed by atoms with E-state index in [9.17, 15) is 9.18 Å². The number of halogens is 1. The SMILES string of the molecule is CC(Oc1ccc(F)cc1CNC(C)(C)C)C(N)=O. The van der Waals surface area contributed by atoms with Gasteiger partial charge in [-0.2, -0.15) is 0 Å². The minimum Gasteiger partial charge on any atom is -0.481 e. The van der Waals surface area contributed by atoms with E-state index in [1.807, 2.05) is 20.8 Å². The Morgan fingerprint density at radius 3 is 2.63 bits per heavy atom. The van der Waals surface area contributed by atoms with Gasteiger partial charge in [0.2, 0.25) is 0 Å². The van der Waals surface area contributed by atoms with Crippen molar-refractivity contribution >= 4 is 5.91 Å². The van der Waals surface area contributed by atoms with Crippen molar-refractivity contribution in [3.63, 3.8) is 0 Å². The van der Waals surface area contributed by atoms with Gasteiger partial charge < -0.3 is 15.8 Å². The molecule has 4 nitrogen and oxygen atoms in total. The Morgan fingerprint density at radius 1 is 1.47 bits per heavy atom. The highest BCUT2D eigenvalue weighted by atomic mass is 19.1. The first-order valence-electron chi connectivity index (χ1n) is 6.18. The van der Waals surface area contributed by atoms with Gasteiger partial charge in [0.15, 0.2) is 6.10 Å². The van der Waals surface area contributed by atoms with Crippen LogP contribution in [-0.2, 0) is 11.3 Å². The number of hydrogen-bond acceptors (Lipinski definition) is 3. The van der Waals surface area contributed by atoms with Crippen molar-refractivity contribution in [1.29, 1.82) is 0 Å². The Balaban J connectivity index is 2.88. The van der Waals surface area contributed by atoms with Crippen LogP contribution in [0.25, 0.3) is 0 Å². The fourth-order valence-electron chi connectivity index (χ4n) is 1.41. The van der Waals surface area contributed by atoms with Crippen molar-refractivity contribution < 1.29 is 13.9 Å². The molecule has 0 bridgehead atoms. The number of amides is 1. The maximum Gasteiger partial charge on any atom is 0.258 e. The summed E-state index contributed by atoms with van der Waals surface area (Å²) in [5.41, 5.74) is 5.71. The van der Waals surface area contributed by atoms with E-state index in [-0.39, 0.29) is 11.4 Å². The Hall–Kier alpha value is -1.62. The summed E-state index contributed by atoms with van der Waals surface area (Å²) in [5.74, 6) is -0.437. The van der Waals surface area contributed by atoms with Gasteiger partial charge in [0, 0.05) is 17.6 Å². The molecule has 1 rings (SSSR count). The van der Waals surface area contributed by atoms with Crippen LogP contribution in [0, 0.1) is 5.82 Å². The number of carbonyl (C=O) groups excluding carboxylic acids is 1. The minimum absolute atomic E-state index is 0.0983. The van der Waals surface area contributed by atoms with E-state index in [0.29, 0.717) is 17.9 Å². The van der Waals surface area contributed by atoms with Crippen molar-refractivity contribution in [3.05, 3.63) is 29.6 Å². The van der Waals surface area contributed by atoms with Crippen LogP contribution in [0.3, 0.4) is 0 Å². The summed E-state index contributed by atoms with van der Waals surface area (Å²) in [7, 11) is 0. The molecule has 0 aliphatic carbocycles. The molecule has 1 aromatic rings. The Morgan fingerprint density at radius 2 is 2.11 bits per heavy atom. The van der Waals surface area contributed by atoms with E-state index in [4.69, 9.17) is 10.5 Å². The van der Waals surface area contributed by atoms with Gasteiger partial charge in [-0.05, 0) is 45.9 Å². The third-order valence-electron chi connectivity index (χ3n) is 2.54. The lowest BCUT2D eigenvalue weighted by Crippen LogP contribution is -2.35. The van der Waals surface area contributed by atoms with Gasteiger partial charge in [-0.15, -0.1) is 0 Å². The molecule has 0 aromatic heterocycles. The van der Waals surface area contributed by atoms with Gasteiger partial charge >= 0.3 is 0 Å². The molecular weight excluding hydrogens is 247 g/mol. The van der Waals surface area contributed by atoms with E-state index in [2.05, 4.69) is 5.32 Å². The first-order valence-corrected chi connectivity index (χ1v) is 6.18. The molecule has 0 saturated carbocycles. The molecule has 0 heterocycles. The molecule has 5 heteroatoms. The van der Waals surface area contributed by atoms with Gasteiger partial charge in [-0.3, -0.25) is 4.79 Å². The quantitative estimate of drug-likeness (QED) is 0.858. The van der Waals surface area contributed by atoms with Crippen LogP contribution >= 0.6 is 0 Å². The first kappa shape index (κ1) is 15.4. The van der Waals surface area contributed by atoms with Crippen molar-refractivity contribution in [3.8, 4) is 5.75 Å². The van der Waals surface area contributed by atoms with Gasteiger partial charge in [0.25, 0.3) is 5.91 Å². The van der Waals surface area contributed by atoms with Crippen LogP contribution in [-0.4, -0.2) is 17.6 Å². The summed E-state index contributed by atoms with van der Waals surface area (Å²) in [6.07, 6.45) is -0.751. The van der Waals surface area contributed by atoms with E-state index in [1.54, 1.807) is 6.92 Å². The third-order valence-corrected chi connectivity index (χ3v) is 2.54. The zero-order valence-corrected chi connectivity index (χ0v) is 11.8. The van der Waals surface area contributed by atoms with E-state index < -0.39 is 12.0 Å². The van der Waals surface area contributed by atoms with Crippen LogP contribution in [0.2, 0.25) is 0 Å². The average molecular weight is 268 g/mol. The zero-order valence-electron chi connectivity index (χ0n) is 11.8. The second kappa shape index (κ2) is 6.02. The van der Waals surface area contributed by atoms with Crippen molar-refractivity contribution in [1.82, 2.24) is 5.32 Å². The topological polar surface area (TPSA) is 64.3 Å². The lowest BCUT2D eigenvalue weighted by atomic mass is 10.1. The summed E-state index contributed by atoms with van der Waals surface area (Å²) in [4.78, 5) is 11.0. The fraction of sp³-hybridized carbons (Fsp3) is 0.500. The van der Waals surface area contributed by atoms with Crippen LogP contribution < -0.4 is 15.8 Å². The normalized spacial score (nSPS) is 13.1. The number of nitrogens with one attached hydrogen (secondary N) is 1. The number of primary amides is 1. The van der Waals surface area contributed by atoms with Gasteiger partial charge in [0.1, 0.15) is 11.6 Å². The number of nitrogens with two attached hydrogens (primary N) is 1. The second-order valence-electron chi connectivity index (χ2n) is 5.52. The summed E-state index contributed by atoms with van der Waals surface area (Å²) in [6, 6.07) is 4.19. The Bertz CT molecular complexity index is 455. The Labute approximate surface area is 113 Å². The van der Waals surface area contributed by atoms with Gasteiger partial charge in [-0.1, -0.05) is 0 Å². The molecule has 0 fully saturated rings. The summed E-state index contributed by atoms with van der Waals surface area (Å²) in [5, 5.41) is 3.25. The van der Waals surface area contributed by atoms with Crippen LogP contribution in [0.5, 0.6) is 5.75 Å². The lowest BCUT2D eigenvalue weighted by Gasteiger charge is -2.22. The number of hydrogen-bond donors (Lipinski definition) is 2. The number of ether oxygens (including phenoxy) is 1. The molecule has 106 valence electrons. The average Bonchev–Trinajstić information content (AvgIpc) is 2.28. The second-order valence-corrected chi connectivity index (χ2v) is 5.52. The van der Waals surface area contributed by atoms with E-state index >= 15 is 0 Å². The number of carbonyl (C=O) groups is 1. The zero-order chi connectivity index (χ0) is 14.6. The summed E-state index contributed by atoms with van der Waals surface area (Å²) < 4.78 is 18.7. The highest BCUT2D eigenvalue weighted by molar-refractivity contribution is 5.78. The fourth-order valence-corrected chi connectivity index (χ4v) is 1.41. The van der Waals surface area contributed by atoms with E-state index in [0.717, 1.165) is 0 Å². The lowest BCUT2D eigenvalue weighted by molar-refractivity contribution is -0.124. The standard InChI is InChI=1S/C14H21FN2O2/c1-9(13(16)18)19-12-6-5-11(15)7-10(12)8-17-14(2,3)4/h5-7,9,17H,8H2,1-4H3,(H2,16,18). The van der Waals surface area contributed by atoms with Gasteiger partial charge in [0.05, 0.1) is 0 Å². The smallest absolute Gasteiger partial charge is 0.258 e. The molecule has 0 aliphatic heterocycles. The van der Waals surface area contributed by atoms with E-state index in [1.165, 1.54) is 18.2 Å². The maximum atomic E-state index is 13.3. The van der Waals surface area contributed by atoms with Crippen LogP contribution in [0.1, 0.15) is 33.3 Å². The Kier molecular flexibility index (Phi) is 4.89. The molecule has 0 spiro atoms. The molecule has 0 radical (unpaired) electrons. The number of rotatable bonds is 5. The predicted molar refractivity (Wildman–Crippen MR) is 72.3 cm³/mol. The summed E-state index contributed by atoms with van der Waals surface area (Å²) >= 11 is 0. The first-order chi connectivity index (χ1) is 8.69. The van der Waals surface area contributed by atoms with Crippen molar-refractivity contribution in [2.45, 2.75) is 45.9 Å². The molecule has 1 unspecified atom stereocenters. The number of benzene rings is 1. The third kappa shape index (κ3) is 5.26. The minimum atomic E-state index is -0.751. The molecule has 1 amide bonds. The highest BCUT2D eigenvalue weighted by Gasteiger charge is 2.15. The van der Waals surface area contributed by atoms with Crippen molar-refractivity contribution in [2.24, 2.45) is 5.73 Å². The molecule has 0 saturated heterocycles. The van der Waals surface area contributed by atoms with Crippen molar-refractivity contribution in [2.75, 3.05) is 0 Å².